The van der Waals surface area contributed by atoms with Crippen LogP contribution in [0.4, 0.5) is 10.1 Å². The summed E-state index contributed by atoms with van der Waals surface area (Å²) in [4.78, 5) is 16.8. The van der Waals surface area contributed by atoms with Crippen LogP contribution in [0.3, 0.4) is 0 Å². The molecule has 4 aromatic heterocycles. The summed E-state index contributed by atoms with van der Waals surface area (Å²) in [7, 11) is 1.49. The van der Waals surface area contributed by atoms with E-state index < -0.39 is 0 Å². The molecule has 0 fully saturated rings. The lowest BCUT2D eigenvalue weighted by Gasteiger charge is -2.08. The van der Waals surface area contributed by atoms with Crippen molar-refractivity contribution in [2.24, 2.45) is 0 Å². The lowest BCUT2D eigenvalue weighted by Crippen LogP contribution is -2.14. The molecule has 0 unspecified atom stereocenters. The second-order valence-electron chi connectivity index (χ2n) is 7.07. The van der Waals surface area contributed by atoms with E-state index in [1.54, 1.807) is 47.4 Å². The van der Waals surface area contributed by atoms with Crippen LogP contribution in [0.5, 0.6) is 5.88 Å². The average molecular weight is 427 g/mol. The van der Waals surface area contributed by atoms with Gasteiger partial charge in [0.15, 0.2) is 5.69 Å². The highest BCUT2D eigenvalue weighted by molar-refractivity contribution is 6.03. The van der Waals surface area contributed by atoms with E-state index in [1.165, 1.54) is 19.2 Å². The van der Waals surface area contributed by atoms with Crippen molar-refractivity contribution in [2.75, 3.05) is 12.4 Å². The number of nitrogens with zero attached hydrogens (tertiary/aromatic N) is 4. The molecular formula is C24H18FN5O2. The van der Waals surface area contributed by atoms with Crippen LogP contribution in [-0.2, 0) is 0 Å². The highest BCUT2D eigenvalue weighted by Gasteiger charge is 2.15. The van der Waals surface area contributed by atoms with E-state index in [9.17, 15) is 9.18 Å². The minimum Gasteiger partial charge on any atom is -0.480 e. The zero-order chi connectivity index (χ0) is 22.1. The fraction of sp³-hybridized carbons (Fsp3) is 0.0417. The van der Waals surface area contributed by atoms with Crippen LogP contribution in [-0.4, -0.2) is 32.2 Å². The van der Waals surface area contributed by atoms with E-state index >= 15 is 0 Å². The van der Waals surface area contributed by atoms with Gasteiger partial charge in [0.2, 0.25) is 5.88 Å². The summed E-state index contributed by atoms with van der Waals surface area (Å²) in [6.45, 7) is 0. The first kappa shape index (κ1) is 19.5. The van der Waals surface area contributed by atoms with E-state index in [4.69, 9.17) is 4.74 Å². The fourth-order valence-electron chi connectivity index (χ4n) is 3.49. The second-order valence-corrected chi connectivity index (χ2v) is 7.07. The first-order valence-corrected chi connectivity index (χ1v) is 9.86. The Kier molecular flexibility index (Phi) is 4.87. The summed E-state index contributed by atoms with van der Waals surface area (Å²) in [6, 6.07) is 19.3. The molecular weight excluding hydrogens is 409 g/mol. The Balaban J connectivity index is 1.45. The fourth-order valence-corrected chi connectivity index (χ4v) is 3.49. The van der Waals surface area contributed by atoms with Gasteiger partial charge in [-0.3, -0.25) is 4.79 Å². The molecule has 5 aromatic rings. The minimum absolute atomic E-state index is 0.251. The van der Waals surface area contributed by atoms with Gasteiger partial charge in [0.05, 0.1) is 7.11 Å². The summed E-state index contributed by atoms with van der Waals surface area (Å²) >= 11 is 0. The molecule has 158 valence electrons. The molecule has 5 rings (SSSR count). The molecule has 0 saturated carbocycles. The molecule has 0 spiro atoms. The van der Waals surface area contributed by atoms with E-state index in [-0.39, 0.29) is 17.4 Å². The normalized spacial score (nSPS) is 10.9. The quantitative estimate of drug-likeness (QED) is 0.445. The Labute approximate surface area is 182 Å². The van der Waals surface area contributed by atoms with Gasteiger partial charge < -0.3 is 14.5 Å². The van der Waals surface area contributed by atoms with E-state index in [0.29, 0.717) is 11.6 Å². The molecule has 0 aliphatic rings. The number of rotatable bonds is 5. The molecule has 4 heterocycles. The van der Waals surface area contributed by atoms with Gasteiger partial charge in [-0.05, 0) is 59.7 Å². The molecule has 8 heteroatoms. The van der Waals surface area contributed by atoms with Gasteiger partial charge in [0, 0.05) is 24.1 Å². The average Bonchev–Trinajstić information content (AvgIpc) is 3.46. The lowest BCUT2D eigenvalue weighted by atomic mass is 10.1. The Morgan fingerprint density at radius 3 is 2.59 bits per heavy atom. The number of ether oxygens (including phenoxy) is 1. The molecule has 7 nitrogen and oxygen atoms in total. The molecule has 1 N–H and O–H groups in total. The van der Waals surface area contributed by atoms with Crippen molar-refractivity contribution in [3.63, 3.8) is 0 Å². The van der Waals surface area contributed by atoms with Gasteiger partial charge in [-0.15, -0.1) is 0 Å². The topological polar surface area (TPSA) is 73.5 Å². The van der Waals surface area contributed by atoms with Crippen LogP contribution >= 0.6 is 0 Å². The number of anilines is 1. The van der Waals surface area contributed by atoms with Gasteiger partial charge in [0.25, 0.3) is 5.91 Å². The second kappa shape index (κ2) is 7.99. The van der Waals surface area contributed by atoms with E-state index in [0.717, 1.165) is 22.5 Å². The third-order valence-electron chi connectivity index (χ3n) is 5.08. The Bertz CT molecular complexity index is 1420. The predicted molar refractivity (Wildman–Crippen MR) is 119 cm³/mol. The Morgan fingerprint density at radius 2 is 1.78 bits per heavy atom. The molecule has 0 aliphatic heterocycles. The van der Waals surface area contributed by atoms with E-state index in [2.05, 4.69) is 15.4 Å². The predicted octanol–water partition coefficient (Wildman–Crippen LogP) is 4.59. The number of hydrogen-bond donors (Lipinski definition) is 1. The third-order valence-corrected chi connectivity index (χ3v) is 5.08. The standard InChI is InChI=1S/C24H18FN5O2/c1-32-24-21(3-2-13-26-24)27-23(31)20-12-14-30(28-20)22-11-10-19-9-6-17(15-29(19)22)16-4-7-18(25)8-5-16/h2-15H,1H3,(H,27,31). The van der Waals surface area contributed by atoms with Gasteiger partial charge >= 0.3 is 0 Å². The van der Waals surface area contributed by atoms with Gasteiger partial charge in [-0.2, -0.15) is 5.10 Å². The number of hydrogen-bond acceptors (Lipinski definition) is 4. The maximum Gasteiger partial charge on any atom is 0.276 e. The molecule has 1 amide bonds. The van der Waals surface area contributed by atoms with Crippen molar-refractivity contribution < 1.29 is 13.9 Å². The highest BCUT2D eigenvalue weighted by Crippen LogP contribution is 2.24. The van der Waals surface area contributed by atoms with Crippen LogP contribution in [0, 0.1) is 5.82 Å². The summed E-state index contributed by atoms with van der Waals surface area (Å²) in [6.07, 6.45) is 5.27. The number of aromatic nitrogens is 4. The Hall–Kier alpha value is -4.46. The maximum atomic E-state index is 13.3. The molecule has 0 aliphatic carbocycles. The number of carbonyl (C=O) groups excluding carboxylic acids is 1. The van der Waals surface area contributed by atoms with Gasteiger partial charge in [-0.25, -0.2) is 14.1 Å². The van der Waals surface area contributed by atoms with Crippen LogP contribution in [0.25, 0.3) is 22.5 Å². The Morgan fingerprint density at radius 1 is 1.00 bits per heavy atom. The monoisotopic (exact) mass is 427 g/mol. The van der Waals surface area contributed by atoms with Crippen LogP contribution in [0.2, 0.25) is 0 Å². The molecule has 0 saturated heterocycles. The number of fused-ring (bicyclic) bond motifs is 1. The van der Waals surface area contributed by atoms with Crippen LogP contribution < -0.4 is 10.1 Å². The zero-order valence-electron chi connectivity index (χ0n) is 17.1. The largest absolute Gasteiger partial charge is 0.480 e. The highest BCUT2D eigenvalue weighted by atomic mass is 19.1. The maximum absolute atomic E-state index is 13.3. The number of benzene rings is 1. The smallest absolute Gasteiger partial charge is 0.276 e. The van der Waals surface area contributed by atoms with Crippen LogP contribution in [0.15, 0.2) is 85.3 Å². The molecule has 0 radical (unpaired) electrons. The van der Waals surface area contributed by atoms with Crippen molar-refractivity contribution in [2.45, 2.75) is 0 Å². The number of pyridine rings is 2. The molecule has 0 bridgehead atoms. The van der Waals surface area contributed by atoms with E-state index in [1.807, 2.05) is 34.9 Å². The third kappa shape index (κ3) is 3.58. The number of methoxy groups -OCH3 is 1. The van der Waals surface area contributed by atoms with Crippen molar-refractivity contribution in [3.8, 4) is 22.8 Å². The van der Waals surface area contributed by atoms with Crippen LogP contribution in [0.1, 0.15) is 10.5 Å². The first-order chi connectivity index (χ1) is 15.6. The van der Waals surface area contributed by atoms with Gasteiger partial charge in [0.1, 0.15) is 17.3 Å². The number of amides is 1. The first-order valence-electron chi connectivity index (χ1n) is 9.86. The summed E-state index contributed by atoms with van der Waals surface area (Å²) in [5.74, 6) is 0.443. The molecule has 1 aromatic carbocycles. The number of halogens is 1. The summed E-state index contributed by atoms with van der Waals surface area (Å²) in [5.41, 5.74) is 3.52. The SMILES string of the molecule is COc1ncccc1NC(=O)c1ccn(-c2ccc3ccc(-c4ccc(F)cc4)cn23)n1. The number of carbonyl (C=O) groups is 1. The van der Waals surface area contributed by atoms with Crippen molar-refractivity contribution >= 4 is 17.1 Å². The van der Waals surface area contributed by atoms with Crippen molar-refractivity contribution in [1.82, 2.24) is 19.2 Å². The van der Waals surface area contributed by atoms with Gasteiger partial charge in [-0.1, -0.05) is 18.2 Å². The zero-order valence-corrected chi connectivity index (χ0v) is 17.1. The van der Waals surface area contributed by atoms with Crippen molar-refractivity contribution in [3.05, 3.63) is 96.8 Å². The minimum atomic E-state index is -0.372. The number of nitrogens with one attached hydrogen (secondary N) is 1. The molecule has 32 heavy (non-hydrogen) atoms. The molecule has 0 atom stereocenters. The summed E-state index contributed by atoms with van der Waals surface area (Å²) in [5, 5.41) is 7.21. The summed E-state index contributed by atoms with van der Waals surface area (Å²) < 4.78 is 22.1. The van der Waals surface area contributed by atoms with Crippen molar-refractivity contribution in [1.29, 1.82) is 0 Å². The lowest BCUT2D eigenvalue weighted by molar-refractivity contribution is 0.102.